The maximum absolute atomic E-state index is 11.6. The van der Waals surface area contributed by atoms with Crippen molar-refractivity contribution >= 4 is 5.97 Å². The Bertz CT molecular complexity index is 461. The molecule has 0 aliphatic heterocycles. The highest BCUT2D eigenvalue weighted by Gasteiger charge is 2.16. The van der Waals surface area contributed by atoms with Gasteiger partial charge < -0.3 is 4.74 Å². The van der Waals surface area contributed by atoms with Crippen molar-refractivity contribution in [1.82, 2.24) is 0 Å². The molecule has 0 unspecified atom stereocenters. The first kappa shape index (κ1) is 17.7. The standard InChI is InChI=1S/C19H30O2/c1-18(2,3)16-12-9-11-15(14-16)10-7-8-13-17(20)21-19(4,5)6/h9,11-12,14H,7-8,10,13H2,1-6H3. The van der Waals surface area contributed by atoms with Gasteiger partial charge in [-0.2, -0.15) is 0 Å². The van der Waals surface area contributed by atoms with Gasteiger partial charge in [0.15, 0.2) is 0 Å². The van der Waals surface area contributed by atoms with Gasteiger partial charge in [0, 0.05) is 6.42 Å². The minimum absolute atomic E-state index is 0.0917. The maximum Gasteiger partial charge on any atom is 0.306 e. The lowest BCUT2D eigenvalue weighted by atomic mass is 9.86. The summed E-state index contributed by atoms with van der Waals surface area (Å²) in [5, 5.41) is 0. The molecule has 2 nitrogen and oxygen atoms in total. The normalized spacial score (nSPS) is 12.3. The molecule has 1 aromatic carbocycles. The number of carbonyl (C=O) groups excluding carboxylic acids is 1. The zero-order valence-corrected chi connectivity index (χ0v) is 14.5. The van der Waals surface area contributed by atoms with E-state index in [1.807, 2.05) is 20.8 Å². The van der Waals surface area contributed by atoms with Crippen molar-refractivity contribution in [2.75, 3.05) is 0 Å². The van der Waals surface area contributed by atoms with Crippen molar-refractivity contribution < 1.29 is 9.53 Å². The van der Waals surface area contributed by atoms with Crippen LogP contribution in [0.25, 0.3) is 0 Å². The van der Waals surface area contributed by atoms with E-state index >= 15 is 0 Å². The van der Waals surface area contributed by atoms with Gasteiger partial charge in [-0.1, -0.05) is 45.0 Å². The third kappa shape index (κ3) is 7.31. The van der Waals surface area contributed by atoms with E-state index in [9.17, 15) is 4.79 Å². The van der Waals surface area contributed by atoms with E-state index in [0.717, 1.165) is 19.3 Å². The number of ether oxygens (including phenoxy) is 1. The van der Waals surface area contributed by atoms with Crippen LogP contribution in [0.2, 0.25) is 0 Å². The summed E-state index contributed by atoms with van der Waals surface area (Å²) < 4.78 is 5.31. The first-order valence-corrected chi connectivity index (χ1v) is 7.89. The number of esters is 1. The van der Waals surface area contributed by atoms with Crippen LogP contribution in [-0.2, 0) is 21.4 Å². The summed E-state index contributed by atoms with van der Waals surface area (Å²) in [6.45, 7) is 12.4. The van der Waals surface area contributed by atoms with Crippen LogP contribution in [-0.4, -0.2) is 11.6 Å². The Morgan fingerprint density at radius 2 is 1.71 bits per heavy atom. The van der Waals surface area contributed by atoms with Gasteiger partial charge >= 0.3 is 5.97 Å². The monoisotopic (exact) mass is 290 g/mol. The van der Waals surface area contributed by atoms with Crippen LogP contribution in [0.15, 0.2) is 24.3 Å². The third-order valence-electron chi connectivity index (χ3n) is 3.31. The van der Waals surface area contributed by atoms with Gasteiger partial charge in [-0.05, 0) is 56.6 Å². The number of hydrogen-bond acceptors (Lipinski definition) is 2. The summed E-state index contributed by atoms with van der Waals surface area (Å²) in [5.41, 5.74) is 2.53. The van der Waals surface area contributed by atoms with Crippen molar-refractivity contribution in [3.8, 4) is 0 Å². The molecule has 0 aliphatic carbocycles. The number of hydrogen-bond donors (Lipinski definition) is 0. The molecule has 0 aliphatic rings. The molecule has 1 aromatic rings. The molecule has 0 aromatic heterocycles. The van der Waals surface area contributed by atoms with Gasteiger partial charge in [0.2, 0.25) is 0 Å². The average Bonchev–Trinajstić information content (AvgIpc) is 2.32. The quantitative estimate of drug-likeness (QED) is 0.561. The van der Waals surface area contributed by atoms with Gasteiger partial charge in [-0.3, -0.25) is 4.79 Å². The predicted molar refractivity (Wildman–Crippen MR) is 88.5 cm³/mol. The SMILES string of the molecule is CC(C)(C)OC(=O)CCCCc1cccc(C(C)(C)C)c1. The molecular formula is C19H30O2. The summed E-state index contributed by atoms with van der Waals surface area (Å²) in [6.07, 6.45) is 3.43. The first-order chi connectivity index (χ1) is 9.58. The van der Waals surface area contributed by atoms with Crippen LogP contribution in [0.1, 0.15) is 71.9 Å². The highest BCUT2D eigenvalue weighted by Crippen LogP contribution is 2.23. The molecule has 0 heterocycles. The van der Waals surface area contributed by atoms with E-state index < -0.39 is 0 Å². The molecule has 0 N–H and O–H groups in total. The van der Waals surface area contributed by atoms with Crippen molar-refractivity contribution in [2.45, 2.75) is 78.2 Å². The third-order valence-corrected chi connectivity index (χ3v) is 3.31. The van der Waals surface area contributed by atoms with E-state index in [-0.39, 0.29) is 17.0 Å². The summed E-state index contributed by atoms with van der Waals surface area (Å²) >= 11 is 0. The second-order valence-electron chi connectivity index (χ2n) is 7.74. The lowest BCUT2D eigenvalue weighted by Gasteiger charge is -2.20. The first-order valence-electron chi connectivity index (χ1n) is 7.89. The molecule has 0 spiro atoms. The molecule has 2 heteroatoms. The maximum atomic E-state index is 11.6. The summed E-state index contributed by atoms with van der Waals surface area (Å²) in [4.78, 5) is 11.6. The second kappa shape index (κ2) is 7.11. The summed E-state index contributed by atoms with van der Waals surface area (Å²) in [7, 11) is 0. The topological polar surface area (TPSA) is 26.3 Å². The van der Waals surface area contributed by atoms with E-state index in [2.05, 4.69) is 45.0 Å². The Kier molecular flexibility index (Phi) is 6.00. The largest absolute Gasteiger partial charge is 0.460 e. The fourth-order valence-corrected chi connectivity index (χ4v) is 2.18. The average molecular weight is 290 g/mol. The Labute approximate surface area is 129 Å². The zero-order valence-electron chi connectivity index (χ0n) is 14.5. The molecule has 1 rings (SSSR count). The molecule has 0 saturated carbocycles. The van der Waals surface area contributed by atoms with Crippen LogP contribution in [0, 0.1) is 0 Å². The van der Waals surface area contributed by atoms with E-state index in [1.165, 1.54) is 11.1 Å². The highest BCUT2D eigenvalue weighted by molar-refractivity contribution is 5.69. The van der Waals surface area contributed by atoms with Crippen molar-refractivity contribution in [3.63, 3.8) is 0 Å². The molecule has 0 saturated heterocycles. The van der Waals surface area contributed by atoms with Gasteiger partial charge in [-0.15, -0.1) is 0 Å². The van der Waals surface area contributed by atoms with E-state index in [1.54, 1.807) is 0 Å². The second-order valence-corrected chi connectivity index (χ2v) is 7.74. The minimum atomic E-state index is -0.377. The molecule has 0 bridgehead atoms. The molecule has 0 fully saturated rings. The van der Waals surface area contributed by atoms with Crippen LogP contribution in [0.4, 0.5) is 0 Å². The molecule has 21 heavy (non-hydrogen) atoms. The number of aryl methyl sites for hydroxylation is 1. The minimum Gasteiger partial charge on any atom is -0.460 e. The summed E-state index contributed by atoms with van der Waals surface area (Å²) in [5.74, 6) is -0.0917. The van der Waals surface area contributed by atoms with Gasteiger partial charge in [0.05, 0.1) is 0 Å². The fraction of sp³-hybridized carbons (Fsp3) is 0.632. The Morgan fingerprint density at radius 3 is 2.29 bits per heavy atom. The highest BCUT2D eigenvalue weighted by atomic mass is 16.6. The fourth-order valence-electron chi connectivity index (χ4n) is 2.18. The van der Waals surface area contributed by atoms with Gasteiger partial charge in [0.1, 0.15) is 5.60 Å². The number of unbranched alkanes of at least 4 members (excludes halogenated alkanes) is 1. The van der Waals surface area contributed by atoms with Crippen molar-refractivity contribution in [1.29, 1.82) is 0 Å². The molecule has 0 amide bonds. The van der Waals surface area contributed by atoms with Gasteiger partial charge in [0.25, 0.3) is 0 Å². The number of benzene rings is 1. The molecule has 0 atom stereocenters. The lowest BCUT2D eigenvalue weighted by Crippen LogP contribution is -2.23. The number of rotatable bonds is 5. The predicted octanol–water partition coefficient (Wildman–Crippen LogP) is 5.04. The Balaban J connectivity index is 2.38. The van der Waals surface area contributed by atoms with Crippen LogP contribution in [0.3, 0.4) is 0 Å². The van der Waals surface area contributed by atoms with Crippen molar-refractivity contribution in [2.24, 2.45) is 0 Å². The Morgan fingerprint density at radius 1 is 1.05 bits per heavy atom. The van der Waals surface area contributed by atoms with E-state index in [4.69, 9.17) is 4.74 Å². The molecule has 118 valence electrons. The Hall–Kier alpha value is -1.31. The smallest absolute Gasteiger partial charge is 0.306 e. The lowest BCUT2D eigenvalue weighted by molar-refractivity contribution is -0.154. The van der Waals surface area contributed by atoms with Gasteiger partial charge in [-0.25, -0.2) is 0 Å². The molecule has 0 radical (unpaired) electrons. The zero-order chi connectivity index (χ0) is 16.1. The molecular weight excluding hydrogens is 260 g/mol. The van der Waals surface area contributed by atoms with Crippen LogP contribution < -0.4 is 0 Å². The number of carbonyl (C=O) groups is 1. The van der Waals surface area contributed by atoms with Crippen LogP contribution in [0.5, 0.6) is 0 Å². The summed E-state index contributed by atoms with van der Waals surface area (Å²) in [6, 6.07) is 8.77. The van der Waals surface area contributed by atoms with Crippen LogP contribution >= 0.6 is 0 Å². The van der Waals surface area contributed by atoms with E-state index in [0.29, 0.717) is 6.42 Å². The van der Waals surface area contributed by atoms with Crippen molar-refractivity contribution in [3.05, 3.63) is 35.4 Å².